The van der Waals surface area contributed by atoms with Crippen LogP contribution in [0, 0.1) is 5.92 Å². The quantitative estimate of drug-likeness (QED) is 0.839. The average molecular weight is 317 g/mol. The van der Waals surface area contributed by atoms with E-state index in [2.05, 4.69) is 5.32 Å². The van der Waals surface area contributed by atoms with E-state index in [1.54, 1.807) is 0 Å². The molecular weight excluding hydrogens is 290 g/mol. The minimum atomic E-state index is -3.41. The van der Waals surface area contributed by atoms with Crippen LogP contribution in [0.25, 0.3) is 0 Å². The molecule has 0 aromatic heterocycles. The zero-order valence-electron chi connectivity index (χ0n) is 13.0. The number of hydrogen-bond acceptors (Lipinski definition) is 3. The van der Waals surface area contributed by atoms with Gasteiger partial charge in [0.15, 0.2) is 0 Å². The van der Waals surface area contributed by atoms with Crippen LogP contribution in [0.5, 0.6) is 0 Å². The van der Waals surface area contributed by atoms with E-state index in [4.69, 9.17) is 0 Å². The van der Waals surface area contributed by atoms with Crippen molar-refractivity contribution >= 4 is 16.1 Å². The summed E-state index contributed by atoms with van der Waals surface area (Å²) in [6, 6.07) is 0.284. The number of carbonyl (C=O) groups is 1. The molecular formula is C14H27N3O3S. The van der Waals surface area contributed by atoms with Crippen molar-refractivity contribution in [3.63, 3.8) is 0 Å². The van der Waals surface area contributed by atoms with Crippen molar-refractivity contribution in [1.29, 1.82) is 0 Å². The molecule has 6 nitrogen and oxygen atoms in total. The van der Waals surface area contributed by atoms with Crippen LogP contribution >= 0.6 is 0 Å². The van der Waals surface area contributed by atoms with Crippen LogP contribution in [-0.4, -0.2) is 56.2 Å². The lowest BCUT2D eigenvalue weighted by molar-refractivity contribution is -0.127. The molecule has 2 fully saturated rings. The number of hydrogen-bond donors (Lipinski definition) is 1. The molecule has 1 saturated carbocycles. The number of rotatable bonds is 4. The summed E-state index contributed by atoms with van der Waals surface area (Å²) < 4.78 is 27.0. The van der Waals surface area contributed by atoms with Gasteiger partial charge in [-0.25, -0.2) is 0 Å². The maximum atomic E-state index is 12.4. The maximum absolute atomic E-state index is 12.4. The van der Waals surface area contributed by atoms with Gasteiger partial charge in [0.1, 0.15) is 0 Å². The minimum absolute atomic E-state index is 0.0283. The Morgan fingerprint density at radius 1 is 1.10 bits per heavy atom. The summed E-state index contributed by atoms with van der Waals surface area (Å²) >= 11 is 0. The number of nitrogens with one attached hydrogen (secondary N) is 1. The first kappa shape index (κ1) is 16.7. The van der Waals surface area contributed by atoms with Crippen LogP contribution in [0.2, 0.25) is 0 Å². The molecule has 7 heteroatoms. The summed E-state index contributed by atoms with van der Waals surface area (Å²) in [5.74, 6) is -0.184. The Bertz CT molecular complexity index is 458. The van der Waals surface area contributed by atoms with Crippen molar-refractivity contribution in [1.82, 2.24) is 13.9 Å². The number of piperidine rings is 1. The molecule has 2 aliphatic rings. The standard InChI is InChI=1S/C14H27N3O3S/c1-16(2)21(19,20)17-10-6-7-12(11-17)14(18)15-13-8-4-3-5-9-13/h12-13H,3-11H2,1-2H3,(H,15,18)/t12-/m1/s1. The maximum Gasteiger partial charge on any atom is 0.281 e. The highest BCUT2D eigenvalue weighted by atomic mass is 32.2. The van der Waals surface area contributed by atoms with Crippen molar-refractivity contribution in [3.8, 4) is 0 Å². The fourth-order valence-electron chi connectivity index (χ4n) is 3.16. The molecule has 0 aromatic rings. The Hall–Kier alpha value is -0.660. The average Bonchev–Trinajstić information content (AvgIpc) is 2.48. The summed E-state index contributed by atoms with van der Waals surface area (Å²) in [5.41, 5.74) is 0. The Morgan fingerprint density at radius 2 is 1.76 bits per heavy atom. The van der Waals surface area contributed by atoms with Gasteiger partial charge in [0.05, 0.1) is 5.92 Å². The van der Waals surface area contributed by atoms with E-state index in [0.29, 0.717) is 13.1 Å². The number of amides is 1. The third-order valence-corrected chi connectivity index (χ3v) is 6.40. The van der Waals surface area contributed by atoms with Gasteiger partial charge >= 0.3 is 0 Å². The molecule has 0 radical (unpaired) electrons. The normalized spacial score (nSPS) is 26.0. The molecule has 1 atom stereocenters. The molecule has 0 bridgehead atoms. The van der Waals surface area contributed by atoms with Gasteiger partial charge in [-0.2, -0.15) is 17.0 Å². The zero-order chi connectivity index (χ0) is 15.5. The van der Waals surface area contributed by atoms with Gasteiger partial charge in [-0.15, -0.1) is 0 Å². The Kier molecular flexibility index (Phi) is 5.62. The summed E-state index contributed by atoms with van der Waals surface area (Å²) in [6.07, 6.45) is 7.24. The second-order valence-corrected chi connectivity index (χ2v) is 8.47. The van der Waals surface area contributed by atoms with Crippen molar-refractivity contribution < 1.29 is 13.2 Å². The van der Waals surface area contributed by atoms with Gasteiger partial charge in [-0.05, 0) is 25.7 Å². The van der Waals surface area contributed by atoms with Crippen LogP contribution < -0.4 is 5.32 Å². The molecule has 0 unspecified atom stereocenters. The minimum Gasteiger partial charge on any atom is -0.353 e. The molecule has 0 aromatic carbocycles. The fourth-order valence-corrected chi connectivity index (χ4v) is 4.35. The summed E-state index contributed by atoms with van der Waals surface area (Å²) in [4.78, 5) is 12.4. The van der Waals surface area contributed by atoms with E-state index in [9.17, 15) is 13.2 Å². The van der Waals surface area contributed by atoms with E-state index in [1.807, 2.05) is 0 Å². The molecule has 2 rings (SSSR count). The van der Waals surface area contributed by atoms with Crippen molar-refractivity contribution in [3.05, 3.63) is 0 Å². The molecule has 1 N–H and O–H groups in total. The highest BCUT2D eigenvalue weighted by Crippen LogP contribution is 2.22. The van der Waals surface area contributed by atoms with Crippen LogP contribution in [0.1, 0.15) is 44.9 Å². The predicted octanol–water partition coefficient (Wildman–Crippen LogP) is 0.954. The molecule has 1 saturated heterocycles. The zero-order valence-corrected chi connectivity index (χ0v) is 13.9. The smallest absolute Gasteiger partial charge is 0.281 e. The Balaban J connectivity index is 1.92. The largest absolute Gasteiger partial charge is 0.353 e. The molecule has 0 spiro atoms. The Labute approximate surface area is 128 Å². The molecule has 1 amide bonds. The van der Waals surface area contributed by atoms with E-state index >= 15 is 0 Å². The fraction of sp³-hybridized carbons (Fsp3) is 0.929. The monoisotopic (exact) mass is 317 g/mol. The predicted molar refractivity (Wildman–Crippen MR) is 81.9 cm³/mol. The van der Waals surface area contributed by atoms with Gasteiger partial charge in [0, 0.05) is 33.2 Å². The molecule has 122 valence electrons. The molecule has 21 heavy (non-hydrogen) atoms. The van der Waals surface area contributed by atoms with Crippen LogP contribution in [0.4, 0.5) is 0 Å². The number of nitrogens with zero attached hydrogens (tertiary/aromatic N) is 2. The second-order valence-electron chi connectivity index (χ2n) is 6.33. The molecule has 1 heterocycles. The van der Waals surface area contributed by atoms with E-state index in [0.717, 1.165) is 25.7 Å². The summed E-state index contributed by atoms with van der Waals surface area (Å²) in [6.45, 7) is 0.812. The number of carbonyl (C=O) groups excluding carboxylic acids is 1. The van der Waals surface area contributed by atoms with Crippen molar-refractivity contribution in [2.75, 3.05) is 27.2 Å². The van der Waals surface area contributed by atoms with Gasteiger partial charge in [-0.1, -0.05) is 19.3 Å². The van der Waals surface area contributed by atoms with Gasteiger partial charge in [-0.3, -0.25) is 4.79 Å². The Morgan fingerprint density at radius 3 is 2.38 bits per heavy atom. The first-order valence-electron chi connectivity index (χ1n) is 7.89. The molecule has 1 aliphatic carbocycles. The van der Waals surface area contributed by atoms with Crippen LogP contribution in [-0.2, 0) is 15.0 Å². The van der Waals surface area contributed by atoms with Gasteiger partial charge in [0.2, 0.25) is 5.91 Å². The summed E-state index contributed by atoms with van der Waals surface area (Å²) in [5, 5.41) is 3.12. The highest BCUT2D eigenvalue weighted by Gasteiger charge is 2.34. The first-order valence-corrected chi connectivity index (χ1v) is 9.29. The van der Waals surface area contributed by atoms with Gasteiger partial charge < -0.3 is 5.32 Å². The first-order chi connectivity index (χ1) is 9.91. The van der Waals surface area contributed by atoms with E-state index in [-0.39, 0.29) is 17.9 Å². The summed E-state index contributed by atoms with van der Waals surface area (Å²) in [7, 11) is -0.355. The van der Waals surface area contributed by atoms with Crippen molar-refractivity contribution in [2.24, 2.45) is 5.92 Å². The lowest BCUT2D eigenvalue weighted by Crippen LogP contribution is -2.50. The van der Waals surface area contributed by atoms with Gasteiger partial charge in [0.25, 0.3) is 10.2 Å². The van der Waals surface area contributed by atoms with E-state index in [1.165, 1.54) is 42.0 Å². The SMILES string of the molecule is CN(C)S(=O)(=O)N1CCC[C@@H](C(=O)NC2CCCCC2)C1. The van der Waals surface area contributed by atoms with E-state index < -0.39 is 10.2 Å². The third-order valence-electron chi connectivity index (χ3n) is 4.49. The van der Waals surface area contributed by atoms with Crippen LogP contribution in [0.15, 0.2) is 0 Å². The highest BCUT2D eigenvalue weighted by molar-refractivity contribution is 7.86. The molecule has 1 aliphatic heterocycles. The topological polar surface area (TPSA) is 69.7 Å². The lowest BCUT2D eigenvalue weighted by Gasteiger charge is -2.34. The second kappa shape index (κ2) is 7.07. The lowest BCUT2D eigenvalue weighted by atomic mass is 9.93. The van der Waals surface area contributed by atoms with Crippen molar-refractivity contribution in [2.45, 2.75) is 51.0 Å². The third kappa shape index (κ3) is 4.17. The van der Waals surface area contributed by atoms with Crippen LogP contribution in [0.3, 0.4) is 0 Å².